The Morgan fingerprint density at radius 3 is 2.76 bits per heavy atom. The number of nitro groups is 1. The molecule has 1 unspecified atom stereocenters. The third kappa shape index (κ3) is 3.16. The summed E-state index contributed by atoms with van der Waals surface area (Å²) in [5.41, 5.74) is 0.0747. The van der Waals surface area contributed by atoms with E-state index < -0.39 is 16.7 Å². The monoisotopic (exact) mass is 253 g/mol. The van der Waals surface area contributed by atoms with Gasteiger partial charge in [0.05, 0.1) is 21.7 Å². The van der Waals surface area contributed by atoms with Gasteiger partial charge in [0.1, 0.15) is 5.92 Å². The minimum Gasteiger partial charge on any atom is -0.324 e. The van der Waals surface area contributed by atoms with Gasteiger partial charge in [0.15, 0.2) is 0 Å². The number of halogens is 1. The zero-order valence-electron chi connectivity index (χ0n) is 8.81. The van der Waals surface area contributed by atoms with Crippen LogP contribution < -0.4 is 5.32 Å². The third-order valence-electron chi connectivity index (χ3n) is 2.01. The van der Waals surface area contributed by atoms with Crippen LogP contribution in [0.2, 0.25) is 5.02 Å². The fourth-order valence-corrected chi connectivity index (χ4v) is 1.24. The molecule has 1 rings (SSSR count). The van der Waals surface area contributed by atoms with Gasteiger partial charge < -0.3 is 5.32 Å². The Kier molecular flexibility index (Phi) is 4.01. The van der Waals surface area contributed by atoms with Gasteiger partial charge in [0.25, 0.3) is 5.69 Å². The Balaban J connectivity index is 2.91. The van der Waals surface area contributed by atoms with Gasteiger partial charge in [-0.15, -0.1) is 0 Å². The van der Waals surface area contributed by atoms with Crippen molar-refractivity contribution in [1.29, 1.82) is 5.26 Å². The molecule has 1 aromatic carbocycles. The largest absolute Gasteiger partial charge is 0.324 e. The first-order valence-corrected chi connectivity index (χ1v) is 4.98. The van der Waals surface area contributed by atoms with E-state index in [1.165, 1.54) is 19.1 Å². The van der Waals surface area contributed by atoms with E-state index in [2.05, 4.69) is 5.32 Å². The Bertz CT molecular complexity index is 510. The average molecular weight is 254 g/mol. The van der Waals surface area contributed by atoms with Crippen LogP contribution in [0.25, 0.3) is 0 Å². The van der Waals surface area contributed by atoms with Crippen LogP contribution in [0.3, 0.4) is 0 Å². The van der Waals surface area contributed by atoms with Gasteiger partial charge in [-0.2, -0.15) is 5.26 Å². The molecule has 0 heterocycles. The quantitative estimate of drug-likeness (QED) is 0.660. The second kappa shape index (κ2) is 5.27. The van der Waals surface area contributed by atoms with Crippen LogP contribution >= 0.6 is 11.6 Å². The highest BCUT2D eigenvalue weighted by atomic mass is 35.5. The summed E-state index contributed by atoms with van der Waals surface area (Å²) in [6, 6.07) is 5.45. The second-order valence-electron chi connectivity index (χ2n) is 3.26. The van der Waals surface area contributed by atoms with Gasteiger partial charge in [0, 0.05) is 12.1 Å². The van der Waals surface area contributed by atoms with Crippen LogP contribution in [0.4, 0.5) is 11.4 Å². The first-order valence-electron chi connectivity index (χ1n) is 4.60. The predicted octanol–water partition coefficient (Wildman–Crippen LogP) is 2.35. The van der Waals surface area contributed by atoms with E-state index in [4.69, 9.17) is 16.9 Å². The zero-order chi connectivity index (χ0) is 13.0. The van der Waals surface area contributed by atoms with Gasteiger partial charge in [-0.25, -0.2) is 0 Å². The molecule has 1 N–H and O–H groups in total. The Morgan fingerprint density at radius 2 is 2.29 bits per heavy atom. The van der Waals surface area contributed by atoms with Gasteiger partial charge in [-0.1, -0.05) is 11.6 Å². The summed E-state index contributed by atoms with van der Waals surface area (Å²) < 4.78 is 0. The van der Waals surface area contributed by atoms with Crippen LogP contribution in [-0.4, -0.2) is 10.8 Å². The number of benzene rings is 1. The number of nitrogens with zero attached hydrogens (tertiary/aromatic N) is 2. The fourth-order valence-electron chi connectivity index (χ4n) is 1.02. The van der Waals surface area contributed by atoms with Crippen molar-refractivity contribution in [3.63, 3.8) is 0 Å². The third-order valence-corrected chi connectivity index (χ3v) is 2.32. The molecular formula is C10H8ClN3O3. The standard InChI is InChI=1S/C10H8ClN3O3/c1-6(5-12)10(15)13-9-3-2-7(14(16)17)4-8(9)11/h2-4,6H,1H3,(H,13,15). The molecular weight excluding hydrogens is 246 g/mol. The smallest absolute Gasteiger partial charge is 0.271 e. The number of amides is 1. The lowest BCUT2D eigenvalue weighted by molar-refractivity contribution is -0.384. The van der Waals surface area contributed by atoms with E-state index in [-0.39, 0.29) is 16.4 Å². The number of hydrogen-bond donors (Lipinski definition) is 1. The van der Waals surface area contributed by atoms with E-state index in [1.54, 1.807) is 6.07 Å². The maximum absolute atomic E-state index is 11.4. The average Bonchev–Trinajstić information content (AvgIpc) is 2.30. The summed E-state index contributed by atoms with van der Waals surface area (Å²) in [4.78, 5) is 21.3. The molecule has 0 aliphatic carbocycles. The molecule has 0 radical (unpaired) electrons. The molecule has 0 saturated heterocycles. The molecule has 0 aromatic heterocycles. The number of carbonyl (C=O) groups excluding carboxylic acids is 1. The zero-order valence-corrected chi connectivity index (χ0v) is 9.56. The molecule has 0 bridgehead atoms. The molecule has 1 atom stereocenters. The summed E-state index contributed by atoms with van der Waals surface area (Å²) in [6.07, 6.45) is 0. The Hall–Kier alpha value is -2.13. The maximum atomic E-state index is 11.4. The molecule has 6 nitrogen and oxygen atoms in total. The molecule has 1 amide bonds. The van der Waals surface area contributed by atoms with E-state index in [0.717, 1.165) is 6.07 Å². The van der Waals surface area contributed by atoms with Crippen molar-refractivity contribution in [2.75, 3.05) is 5.32 Å². The lowest BCUT2D eigenvalue weighted by atomic mass is 10.2. The summed E-state index contributed by atoms with van der Waals surface area (Å²) in [5.74, 6) is -1.33. The molecule has 0 aliphatic rings. The van der Waals surface area contributed by atoms with Crippen molar-refractivity contribution < 1.29 is 9.72 Å². The van der Waals surface area contributed by atoms with Crippen molar-refractivity contribution in [3.05, 3.63) is 33.3 Å². The predicted molar refractivity (Wildman–Crippen MR) is 61.5 cm³/mol. The molecule has 0 fully saturated rings. The second-order valence-corrected chi connectivity index (χ2v) is 3.67. The minimum atomic E-state index is -0.818. The Labute approximate surface area is 102 Å². The number of hydrogen-bond acceptors (Lipinski definition) is 4. The van der Waals surface area contributed by atoms with Gasteiger partial charge in [0.2, 0.25) is 5.91 Å². The summed E-state index contributed by atoms with van der Waals surface area (Å²) >= 11 is 5.76. The van der Waals surface area contributed by atoms with E-state index in [0.29, 0.717) is 0 Å². The number of nitro benzene ring substituents is 1. The molecule has 7 heteroatoms. The lowest BCUT2D eigenvalue weighted by Gasteiger charge is -2.07. The maximum Gasteiger partial charge on any atom is 0.271 e. The van der Waals surface area contributed by atoms with Crippen LogP contribution in [0.1, 0.15) is 6.92 Å². The first kappa shape index (κ1) is 12.9. The van der Waals surface area contributed by atoms with E-state index in [9.17, 15) is 14.9 Å². The minimum absolute atomic E-state index is 0.0534. The number of rotatable bonds is 3. The van der Waals surface area contributed by atoms with Gasteiger partial charge in [-0.05, 0) is 13.0 Å². The number of non-ortho nitro benzene ring substituents is 1. The van der Waals surface area contributed by atoms with Crippen LogP contribution in [-0.2, 0) is 4.79 Å². The molecule has 0 spiro atoms. The van der Waals surface area contributed by atoms with Gasteiger partial charge in [-0.3, -0.25) is 14.9 Å². The normalized spacial score (nSPS) is 11.4. The van der Waals surface area contributed by atoms with Crippen molar-refractivity contribution in [2.24, 2.45) is 5.92 Å². The number of nitriles is 1. The molecule has 17 heavy (non-hydrogen) atoms. The van der Waals surface area contributed by atoms with E-state index >= 15 is 0 Å². The molecule has 0 saturated carbocycles. The summed E-state index contributed by atoms with van der Waals surface area (Å²) in [5, 5.41) is 21.5. The highest BCUT2D eigenvalue weighted by Crippen LogP contribution is 2.26. The topological polar surface area (TPSA) is 96.0 Å². The highest BCUT2D eigenvalue weighted by Gasteiger charge is 2.15. The van der Waals surface area contributed by atoms with Crippen molar-refractivity contribution in [2.45, 2.75) is 6.92 Å². The Morgan fingerprint density at radius 1 is 1.65 bits per heavy atom. The molecule has 88 valence electrons. The van der Waals surface area contributed by atoms with E-state index in [1.807, 2.05) is 0 Å². The number of carbonyl (C=O) groups is 1. The van der Waals surface area contributed by atoms with Crippen LogP contribution in [0, 0.1) is 27.4 Å². The van der Waals surface area contributed by atoms with Crippen LogP contribution in [0.5, 0.6) is 0 Å². The first-order chi connectivity index (χ1) is 7.95. The van der Waals surface area contributed by atoms with Crippen molar-refractivity contribution in [3.8, 4) is 6.07 Å². The highest BCUT2D eigenvalue weighted by molar-refractivity contribution is 6.34. The number of anilines is 1. The molecule has 0 aliphatic heterocycles. The summed E-state index contributed by atoms with van der Waals surface area (Å²) in [7, 11) is 0. The summed E-state index contributed by atoms with van der Waals surface area (Å²) in [6.45, 7) is 1.44. The number of nitrogens with one attached hydrogen (secondary N) is 1. The lowest BCUT2D eigenvalue weighted by Crippen LogP contribution is -2.19. The van der Waals surface area contributed by atoms with Gasteiger partial charge >= 0.3 is 0 Å². The SMILES string of the molecule is CC(C#N)C(=O)Nc1ccc([N+](=O)[O-])cc1Cl. The van der Waals surface area contributed by atoms with Crippen molar-refractivity contribution in [1.82, 2.24) is 0 Å². The fraction of sp³-hybridized carbons (Fsp3) is 0.200. The van der Waals surface area contributed by atoms with Crippen LogP contribution in [0.15, 0.2) is 18.2 Å². The van der Waals surface area contributed by atoms with Crippen molar-refractivity contribution >= 4 is 28.9 Å². The molecule has 1 aromatic rings.